The molecule has 4 rings (SSSR count). The fraction of sp³-hybridized carbons (Fsp3) is 0.250. The van der Waals surface area contributed by atoms with Crippen LogP contribution in [0.5, 0.6) is 5.75 Å². The maximum atomic E-state index is 13.9. The van der Waals surface area contributed by atoms with E-state index in [1.807, 2.05) is 12.1 Å². The van der Waals surface area contributed by atoms with Gasteiger partial charge in [0.25, 0.3) is 0 Å². The van der Waals surface area contributed by atoms with Crippen LogP contribution in [-0.4, -0.2) is 35.0 Å². The summed E-state index contributed by atoms with van der Waals surface area (Å²) in [6.07, 6.45) is 1.75. The number of carbonyl (C=O) groups is 1. The second-order valence-electron chi connectivity index (χ2n) is 8.13. The van der Waals surface area contributed by atoms with Gasteiger partial charge in [0.1, 0.15) is 11.9 Å². The standard InChI is InChI=1S/C24H24Cl2FN5O2/c1-13(21-18(25)6-7-19(27)22(21)26)34-20-10-15(11-30-23(20)29)14-2-4-17(5-3-14)31-24(33)32-9-8-16(28)12-32/h2-7,10-11,13,16H,8-9,12,28H2,1H3,(H2,29,30)(H,31,33)/t13?,16-/m0/s1. The molecule has 1 fully saturated rings. The molecule has 1 saturated heterocycles. The predicted molar refractivity (Wildman–Crippen MR) is 133 cm³/mol. The van der Waals surface area contributed by atoms with E-state index in [2.05, 4.69) is 10.3 Å². The number of ether oxygens (including phenoxy) is 1. The number of nitrogens with zero attached hydrogens (tertiary/aromatic N) is 2. The smallest absolute Gasteiger partial charge is 0.321 e. The molecule has 2 amide bonds. The van der Waals surface area contributed by atoms with Crippen LogP contribution in [0.1, 0.15) is 25.0 Å². The lowest BCUT2D eigenvalue weighted by molar-refractivity contribution is 0.222. The van der Waals surface area contributed by atoms with E-state index in [0.29, 0.717) is 30.1 Å². The number of nitrogens with two attached hydrogens (primary N) is 2. The lowest BCUT2D eigenvalue weighted by Gasteiger charge is -2.19. The number of urea groups is 1. The maximum absolute atomic E-state index is 13.9. The average molecular weight is 504 g/mol. The molecule has 1 unspecified atom stereocenters. The number of amides is 2. The number of anilines is 2. The van der Waals surface area contributed by atoms with Crippen LogP contribution in [-0.2, 0) is 0 Å². The van der Waals surface area contributed by atoms with Crippen LogP contribution in [0.25, 0.3) is 11.1 Å². The zero-order chi connectivity index (χ0) is 24.4. The Morgan fingerprint density at radius 1 is 1.24 bits per heavy atom. The summed E-state index contributed by atoms with van der Waals surface area (Å²) in [4.78, 5) is 18.3. The van der Waals surface area contributed by atoms with Crippen molar-refractivity contribution in [3.63, 3.8) is 0 Å². The minimum Gasteiger partial charge on any atom is -0.482 e. The Morgan fingerprint density at radius 2 is 1.97 bits per heavy atom. The van der Waals surface area contributed by atoms with E-state index in [4.69, 9.17) is 39.4 Å². The highest BCUT2D eigenvalue weighted by Gasteiger charge is 2.23. The third-order valence-corrected chi connectivity index (χ3v) is 6.37. The van der Waals surface area contributed by atoms with E-state index in [1.54, 1.807) is 36.2 Å². The Labute approximate surface area is 206 Å². The first-order valence-electron chi connectivity index (χ1n) is 10.7. The van der Waals surface area contributed by atoms with Crippen molar-refractivity contribution in [1.29, 1.82) is 0 Å². The van der Waals surface area contributed by atoms with Crippen molar-refractivity contribution < 1.29 is 13.9 Å². The van der Waals surface area contributed by atoms with Crippen molar-refractivity contribution >= 4 is 40.7 Å². The minimum atomic E-state index is -0.675. The van der Waals surface area contributed by atoms with E-state index in [-0.39, 0.29) is 27.9 Å². The third-order valence-electron chi connectivity index (χ3n) is 5.65. The first-order chi connectivity index (χ1) is 16.2. The predicted octanol–water partition coefficient (Wildman–Crippen LogP) is 5.48. The van der Waals surface area contributed by atoms with E-state index in [0.717, 1.165) is 17.5 Å². The van der Waals surface area contributed by atoms with Gasteiger partial charge in [0.15, 0.2) is 11.6 Å². The van der Waals surface area contributed by atoms with Crippen molar-refractivity contribution in [3.05, 3.63) is 70.1 Å². The summed E-state index contributed by atoms with van der Waals surface area (Å²) in [5, 5.41) is 3.06. The van der Waals surface area contributed by atoms with E-state index >= 15 is 0 Å². The molecule has 7 nitrogen and oxygen atoms in total. The molecule has 2 aromatic carbocycles. The molecule has 5 N–H and O–H groups in total. The first-order valence-corrected chi connectivity index (χ1v) is 11.5. The molecule has 0 saturated carbocycles. The Balaban J connectivity index is 1.50. The van der Waals surface area contributed by atoms with Gasteiger partial charge in [-0.25, -0.2) is 14.2 Å². The van der Waals surface area contributed by atoms with E-state index < -0.39 is 11.9 Å². The van der Waals surface area contributed by atoms with Gasteiger partial charge >= 0.3 is 6.03 Å². The fourth-order valence-corrected chi connectivity index (χ4v) is 4.47. The Morgan fingerprint density at radius 3 is 2.65 bits per heavy atom. The summed E-state index contributed by atoms with van der Waals surface area (Å²) in [5.41, 5.74) is 14.5. The molecule has 178 valence electrons. The number of pyridine rings is 1. The topological polar surface area (TPSA) is 106 Å². The van der Waals surface area contributed by atoms with Gasteiger partial charge in [-0.15, -0.1) is 0 Å². The van der Waals surface area contributed by atoms with Crippen molar-refractivity contribution in [1.82, 2.24) is 9.88 Å². The number of hydrogen-bond acceptors (Lipinski definition) is 5. The molecular formula is C24H24Cl2FN5O2. The molecule has 0 aliphatic carbocycles. The zero-order valence-electron chi connectivity index (χ0n) is 18.4. The first kappa shape index (κ1) is 24.1. The summed E-state index contributed by atoms with van der Waals surface area (Å²) in [5.74, 6) is -0.104. The SMILES string of the molecule is CC(Oc1cc(-c2ccc(NC(=O)N3CC[C@H](N)C3)cc2)cnc1N)c1c(Cl)ccc(F)c1Cl. The number of halogens is 3. The van der Waals surface area contributed by atoms with Crippen LogP contribution in [0.15, 0.2) is 48.7 Å². The van der Waals surface area contributed by atoms with Crippen LogP contribution in [0.2, 0.25) is 10.0 Å². The van der Waals surface area contributed by atoms with Crippen molar-refractivity contribution in [2.75, 3.05) is 24.1 Å². The molecular weight excluding hydrogens is 480 g/mol. The number of aromatic nitrogens is 1. The number of rotatable bonds is 5. The maximum Gasteiger partial charge on any atom is 0.321 e. The second-order valence-corrected chi connectivity index (χ2v) is 8.91. The molecule has 34 heavy (non-hydrogen) atoms. The number of nitrogen functional groups attached to an aromatic ring is 1. The molecule has 10 heteroatoms. The van der Waals surface area contributed by atoms with Gasteiger partial charge in [-0.05, 0) is 49.2 Å². The molecule has 0 bridgehead atoms. The third kappa shape index (κ3) is 5.19. The monoisotopic (exact) mass is 503 g/mol. The summed E-state index contributed by atoms with van der Waals surface area (Å²) in [6.45, 7) is 2.90. The van der Waals surface area contributed by atoms with Crippen LogP contribution < -0.4 is 21.5 Å². The summed E-state index contributed by atoms with van der Waals surface area (Å²) in [7, 11) is 0. The molecule has 1 aliphatic rings. The van der Waals surface area contributed by atoms with Gasteiger partial charge in [0.05, 0.1) is 5.02 Å². The highest BCUT2D eigenvalue weighted by atomic mass is 35.5. The van der Waals surface area contributed by atoms with E-state index in [9.17, 15) is 9.18 Å². The van der Waals surface area contributed by atoms with Gasteiger partial charge in [0, 0.05) is 47.2 Å². The van der Waals surface area contributed by atoms with Crippen molar-refractivity contribution in [2.45, 2.75) is 25.5 Å². The molecule has 3 aromatic rings. The van der Waals surface area contributed by atoms with Gasteiger partial charge in [-0.2, -0.15) is 0 Å². The average Bonchev–Trinajstić information content (AvgIpc) is 3.25. The summed E-state index contributed by atoms with van der Waals surface area (Å²) in [6, 6.07) is 11.5. The van der Waals surface area contributed by atoms with Crippen LogP contribution in [0.3, 0.4) is 0 Å². The fourth-order valence-electron chi connectivity index (χ4n) is 3.79. The van der Waals surface area contributed by atoms with Gasteiger partial charge in [-0.3, -0.25) is 0 Å². The Bertz CT molecular complexity index is 1210. The molecule has 1 aliphatic heterocycles. The molecule has 2 atom stereocenters. The number of nitrogens with one attached hydrogen (secondary N) is 1. The van der Waals surface area contributed by atoms with Gasteiger partial charge < -0.3 is 26.4 Å². The van der Waals surface area contributed by atoms with Crippen molar-refractivity contribution in [2.24, 2.45) is 5.73 Å². The lowest BCUT2D eigenvalue weighted by atomic mass is 10.1. The van der Waals surface area contributed by atoms with Gasteiger partial charge in [0.2, 0.25) is 0 Å². The Kier molecular flexibility index (Phi) is 7.11. The second kappa shape index (κ2) is 10.0. The van der Waals surface area contributed by atoms with Crippen LogP contribution >= 0.6 is 23.2 Å². The molecule has 0 radical (unpaired) electrons. The highest BCUT2D eigenvalue weighted by molar-refractivity contribution is 6.36. The highest BCUT2D eigenvalue weighted by Crippen LogP contribution is 2.37. The van der Waals surface area contributed by atoms with Crippen LogP contribution in [0.4, 0.5) is 20.7 Å². The normalized spacial score (nSPS) is 16.4. The zero-order valence-corrected chi connectivity index (χ0v) is 19.9. The summed E-state index contributed by atoms with van der Waals surface area (Å²) >= 11 is 12.3. The number of likely N-dealkylation sites (tertiary alicyclic amines) is 1. The largest absolute Gasteiger partial charge is 0.482 e. The van der Waals surface area contributed by atoms with Gasteiger partial charge in [-0.1, -0.05) is 35.3 Å². The quantitative estimate of drug-likeness (QED) is 0.399. The number of benzene rings is 2. The van der Waals surface area contributed by atoms with E-state index in [1.165, 1.54) is 12.1 Å². The van der Waals surface area contributed by atoms with Crippen molar-refractivity contribution in [3.8, 4) is 16.9 Å². The number of hydrogen-bond donors (Lipinski definition) is 3. The number of carbonyl (C=O) groups excluding carboxylic acids is 1. The Hall–Kier alpha value is -3.07. The lowest BCUT2D eigenvalue weighted by Crippen LogP contribution is -2.35. The summed E-state index contributed by atoms with van der Waals surface area (Å²) < 4.78 is 19.9. The molecule has 1 aromatic heterocycles. The van der Waals surface area contributed by atoms with Crippen LogP contribution in [0, 0.1) is 5.82 Å². The minimum absolute atomic E-state index is 0.0261. The molecule has 0 spiro atoms. The molecule has 2 heterocycles.